The Morgan fingerprint density at radius 2 is 2.14 bits per heavy atom. The van der Waals surface area contributed by atoms with Crippen LogP contribution in [0.5, 0.6) is 0 Å². The van der Waals surface area contributed by atoms with Gasteiger partial charge in [0.25, 0.3) is 5.56 Å². The lowest BCUT2D eigenvalue weighted by Crippen LogP contribution is -2.39. The molecule has 5 nitrogen and oxygen atoms in total. The Kier molecular flexibility index (Phi) is 4.06. The minimum absolute atomic E-state index is 0.355. The molecule has 6 heteroatoms. The van der Waals surface area contributed by atoms with Crippen molar-refractivity contribution in [2.75, 3.05) is 5.33 Å². The van der Waals surface area contributed by atoms with E-state index in [9.17, 15) is 9.59 Å². The van der Waals surface area contributed by atoms with Crippen LogP contribution in [-0.4, -0.2) is 19.7 Å². The van der Waals surface area contributed by atoms with E-state index >= 15 is 0 Å². The molecule has 14 heavy (non-hydrogen) atoms. The third-order valence-electron chi connectivity index (χ3n) is 1.90. The molecule has 0 aliphatic carbocycles. The first kappa shape index (κ1) is 11.2. The van der Waals surface area contributed by atoms with E-state index in [0.29, 0.717) is 6.54 Å². The lowest BCUT2D eigenvalue weighted by Gasteiger charge is -2.03. The topological polar surface area (TPSA) is 56.9 Å². The van der Waals surface area contributed by atoms with Gasteiger partial charge < -0.3 is 0 Å². The summed E-state index contributed by atoms with van der Waals surface area (Å²) in [5, 5.41) is 4.68. The highest BCUT2D eigenvalue weighted by molar-refractivity contribution is 9.09. The lowest BCUT2D eigenvalue weighted by molar-refractivity contribution is 0.499. The summed E-state index contributed by atoms with van der Waals surface area (Å²) in [5.74, 6) is 0. The van der Waals surface area contributed by atoms with Crippen molar-refractivity contribution in [3.8, 4) is 0 Å². The number of aryl methyl sites for hydroxylation is 1. The summed E-state index contributed by atoms with van der Waals surface area (Å²) in [7, 11) is 1.45. The van der Waals surface area contributed by atoms with Crippen molar-refractivity contribution in [1.29, 1.82) is 0 Å². The van der Waals surface area contributed by atoms with Gasteiger partial charge in [0.05, 0.1) is 0 Å². The zero-order valence-electron chi connectivity index (χ0n) is 7.94. The van der Waals surface area contributed by atoms with Gasteiger partial charge in [0.2, 0.25) is 0 Å². The van der Waals surface area contributed by atoms with E-state index in [1.807, 2.05) is 0 Å². The van der Waals surface area contributed by atoms with Crippen molar-refractivity contribution in [2.24, 2.45) is 7.05 Å². The average molecular weight is 262 g/mol. The van der Waals surface area contributed by atoms with Gasteiger partial charge in [0.15, 0.2) is 0 Å². The van der Waals surface area contributed by atoms with E-state index in [-0.39, 0.29) is 11.2 Å². The monoisotopic (exact) mass is 261 g/mol. The van der Waals surface area contributed by atoms with Crippen LogP contribution in [0.3, 0.4) is 0 Å². The fraction of sp³-hybridized carbons (Fsp3) is 0.625. The summed E-state index contributed by atoms with van der Waals surface area (Å²) in [6.07, 6.45) is 3.02. The van der Waals surface area contributed by atoms with Crippen molar-refractivity contribution < 1.29 is 0 Å². The predicted octanol–water partition coefficient (Wildman–Crippen LogP) is 0.117. The molecule has 0 radical (unpaired) electrons. The third kappa shape index (κ3) is 2.54. The van der Waals surface area contributed by atoms with Gasteiger partial charge in [-0.15, -0.1) is 0 Å². The Morgan fingerprint density at radius 3 is 2.79 bits per heavy atom. The fourth-order valence-electron chi connectivity index (χ4n) is 1.03. The number of nitrogens with zero attached hydrogens (tertiary/aromatic N) is 3. The van der Waals surface area contributed by atoms with E-state index in [0.717, 1.165) is 28.9 Å². The van der Waals surface area contributed by atoms with Crippen molar-refractivity contribution in [3.63, 3.8) is 0 Å². The molecule has 0 atom stereocenters. The molecule has 0 saturated heterocycles. The normalized spacial score (nSPS) is 10.4. The van der Waals surface area contributed by atoms with Gasteiger partial charge in [-0.25, -0.2) is 9.48 Å². The smallest absolute Gasteiger partial charge is 0.267 e. The van der Waals surface area contributed by atoms with Crippen molar-refractivity contribution in [2.45, 2.75) is 19.4 Å². The Labute approximate surface area is 89.5 Å². The highest BCUT2D eigenvalue weighted by atomic mass is 79.9. The molecule has 78 valence electrons. The molecule has 1 heterocycles. The number of rotatable bonds is 4. The molecule has 0 aliphatic heterocycles. The minimum Gasteiger partial charge on any atom is -0.267 e. The zero-order valence-corrected chi connectivity index (χ0v) is 9.53. The Hall–Kier alpha value is -0.910. The van der Waals surface area contributed by atoms with E-state index in [2.05, 4.69) is 21.0 Å². The van der Waals surface area contributed by atoms with Gasteiger partial charge in [-0.2, -0.15) is 5.10 Å². The molecule has 0 aliphatic rings. The molecule has 1 rings (SSSR count). The first-order chi connectivity index (χ1) is 6.66. The van der Waals surface area contributed by atoms with Crippen molar-refractivity contribution in [1.82, 2.24) is 14.3 Å². The van der Waals surface area contributed by atoms with Crippen LogP contribution in [0.25, 0.3) is 0 Å². The summed E-state index contributed by atoms with van der Waals surface area (Å²) in [6, 6.07) is 0. The minimum atomic E-state index is -0.369. The highest BCUT2D eigenvalue weighted by Crippen LogP contribution is 1.94. The van der Waals surface area contributed by atoms with Gasteiger partial charge in [-0.1, -0.05) is 15.9 Å². The van der Waals surface area contributed by atoms with Gasteiger partial charge >= 0.3 is 5.69 Å². The first-order valence-corrected chi connectivity index (χ1v) is 5.48. The molecule has 0 spiro atoms. The van der Waals surface area contributed by atoms with Crippen LogP contribution in [0.4, 0.5) is 0 Å². The lowest BCUT2D eigenvalue weighted by atomic mass is 10.3. The maximum atomic E-state index is 11.4. The van der Waals surface area contributed by atoms with Crippen LogP contribution in [0.1, 0.15) is 12.8 Å². The largest absolute Gasteiger partial charge is 0.347 e. The molecular weight excluding hydrogens is 250 g/mol. The molecule has 1 aromatic heterocycles. The van der Waals surface area contributed by atoms with E-state index in [4.69, 9.17) is 0 Å². The Balaban J connectivity index is 2.84. The van der Waals surface area contributed by atoms with E-state index in [1.54, 1.807) is 0 Å². The van der Waals surface area contributed by atoms with Gasteiger partial charge in [-0.05, 0) is 12.8 Å². The van der Waals surface area contributed by atoms with Gasteiger partial charge in [0.1, 0.15) is 6.20 Å². The first-order valence-electron chi connectivity index (χ1n) is 4.36. The van der Waals surface area contributed by atoms with Crippen molar-refractivity contribution >= 4 is 15.9 Å². The summed E-state index contributed by atoms with van der Waals surface area (Å²) >= 11 is 3.30. The number of halogens is 1. The summed E-state index contributed by atoms with van der Waals surface area (Å²) in [5.41, 5.74) is -0.723. The quantitative estimate of drug-likeness (QED) is 0.572. The van der Waals surface area contributed by atoms with E-state index < -0.39 is 0 Å². The maximum Gasteiger partial charge on any atom is 0.347 e. The number of hydrogen-bond donors (Lipinski definition) is 0. The molecule has 0 N–H and O–H groups in total. The fourth-order valence-corrected chi connectivity index (χ4v) is 1.43. The van der Waals surface area contributed by atoms with Crippen LogP contribution in [0.2, 0.25) is 0 Å². The SMILES string of the molecule is Cn1c(=O)cnn(CCCCBr)c1=O. The van der Waals surface area contributed by atoms with Gasteiger partial charge in [0, 0.05) is 18.9 Å². The Bertz CT molecular complexity index is 410. The molecule has 0 fully saturated rings. The molecule has 1 aromatic rings. The maximum absolute atomic E-state index is 11.4. The van der Waals surface area contributed by atoms with Crippen LogP contribution >= 0.6 is 15.9 Å². The summed E-state index contributed by atoms with van der Waals surface area (Å²) < 4.78 is 2.37. The number of unbranched alkanes of at least 4 members (excludes halogenated alkanes) is 1. The summed E-state index contributed by atoms with van der Waals surface area (Å²) in [4.78, 5) is 22.4. The van der Waals surface area contributed by atoms with Crippen LogP contribution in [0.15, 0.2) is 15.8 Å². The second-order valence-electron chi connectivity index (χ2n) is 2.94. The zero-order chi connectivity index (χ0) is 10.6. The number of alkyl halides is 1. The molecule has 0 bridgehead atoms. The number of aromatic nitrogens is 3. The predicted molar refractivity (Wildman–Crippen MR) is 56.8 cm³/mol. The third-order valence-corrected chi connectivity index (χ3v) is 2.46. The number of hydrogen-bond acceptors (Lipinski definition) is 3. The second kappa shape index (κ2) is 5.09. The molecule has 0 unspecified atom stereocenters. The molecule has 0 saturated carbocycles. The average Bonchev–Trinajstić information content (AvgIpc) is 2.18. The van der Waals surface area contributed by atoms with Crippen LogP contribution < -0.4 is 11.2 Å². The molecule has 0 amide bonds. The second-order valence-corrected chi connectivity index (χ2v) is 3.74. The van der Waals surface area contributed by atoms with Crippen molar-refractivity contribution in [3.05, 3.63) is 27.0 Å². The molecular formula is C8H12BrN3O2. The summed E-state index contributed by atoms with van der Waals surface area (Å²) in [6.45, 7) is 0.554. The standard InChI is InChI=1S/C8H12BrN3O2/c1-11-7(13)6-10-12(8(11)14)5-3-2-4-9/h6H,2-5H2,1H3. The van der Waals surface area contributed by atoms with Crippen LogP contribution in [-0.2, 0) is 13.6 Å². The van der Waals surface area contributed by atoms with Crippen LogP contribution in [0, 0.1) is 0 Å². The van der Waals surface area contributed by atoms with Gasteiger partial charge in [-0.3, -0.25) is 9.36 Å². The Morgan fingerprint density at radius 1 is 1.43 bits per heavy atom. The molecule has 0 aromatic carbocycles. The van der Waals surface area contributed by atoms with E-state index in [1.165, 1.54) is 11.7 Å². The highest BCUT2D eigenvalue weighted by Gasteiger charge is 2.01.